The summed E-state index contributed by atoms with van der Waals surface area (Å²) in [5.74, 6) is 3.39. The van der Waals surface area contributed by atoms with Crippen LogP contribution in [0, 0.1) is 56.7 Å². The first-order chi connectivity index (χ1) is 19.7. The van der Waals surface area contributed by atoms with Gasteiger partial charge in [-0.2, -0.15) is 0 Å². The minimum atomic E-state index is -0.311. The summed E-state index contributed by atoms with van der Waals surface area (Å²) in [6.45, 7) is 21.3. The van der Waals surface area contributed by atoms with Crippen molar-refractivity contribution >= 4 is 11.9 Å². The normalized spacial score (nSPS) is 45.5. The molecule has 1 amide bonds. The Morgan fingerprint density at radius 3 is 2.36 bits per heavy atom. The van der Waals surface area contributed by atoms with Crippen molar-refractivity contribution in [2.45, 2.75) is 125 Å². The summed E-state index contributed by atoms with van der Waals surface area (Å²) in [4.78, 5) is 26.2. The molecule has 1 unspecified atom stereocenters. The third kappa shape index (κ3) is 4.06. The molecule has 0 bridgehead atoms. The summed E-state index contributed by atoms with van der Waals surface area (Å²) in [5.41, 5.74) is 1.58. The molecule has 0 spiro atoms. The molecule has 5 heteroatoms. The molecular formula is C37H55NO4. The Labute approximate surface area is 254 Å². The fraction of sp³-hybridized carbons (Fsp3) is 0.784. The monoisotopic (exact) mass is 577 g/mol. The maximum atomic E-state index is 14.2. The molecule has 5 aliphatic rings. The van der Waals surface area contributed by atoms with Gasteiger partial charge >= 0.3 is 5.97 Å². The van der Waals surface area contributed by atoms with Gasteiger partial charge in [-0.05, 0) is 129 Å². The summed E-state index contributed by atoms with van der Waals surface area (Å²) < 4.78 is 11.5. The number of fused-ring (bicyclic) bond motifs is 7. The van der Waals surface area contributed by atoms with E-state index < -0.39 is 0 Å². The molecule has 5 nitrogen and oxygen atoms in total. The second kappa shape index (κ2) is 9.99. The summed E-state index contributed by atoms with van der Waals surface area (Å²) in [5, 5.41) is 3.32. The molecular weight excluding hydrogens is 522 g/mol. The first-order valence-corrected chi connectivity index (χ1v) is 16.8. The topological polar surface area (TPSA) is 68.5 Å². The molecule has 5 fully saturated rings. The van der Waals surface area contributed by atoms with E-state index in [1.165, 1.54) is 31.3 Å². The standard InChI is InChI=1S/C37H55NO4/c1-23(2)26-13-18-37(32(40)38-22-25-10-9-21-41-25)20-19-35(7)27(31(26)37)11-12-29-34(6)16-15-30(42-24(3)39)33(4,5)28(34)14-17-36(29,35)8/h9-10,21,26-31H,1,11-20,22H2,2-8H3,(H,38,40)/t26-,27+,28-,29+,30-,31?,34-,35+,36+,37-/m0/s1. The molecule has 232 valence electrons. The van der Waals surface area contributed by atoms with Crippen LogP contribution in [0.4, 0.5) is 0 Å². The molecule has 0 aromatic carbocycles. The van der Waals surface area contributed by atoms with E-state index in [4.69, 9.17) is 9.15 Å². The van der Waals surface area contributed by atoms with Crippen LogP contribution >= 0.6 is 0 Å². The second-order valence-electron chi connectivity index (χ2n) is 16.6. The summed E-state index contributed by atoms with van der Waals surface area (Å²) in [7, 11) is 0. The van der Waals surface area contributed by atoms with Gasteiger partial charge in [0.1, 0.15) is 11.9 Å². The zero-order valence-electron chi connectivity index (χ0n) is 27.3. The van der Waals surface area contributed by atoms with Crippen LogP contribution in [0.5, 0.6) is 0 Å². The number of hydrogen-bond acceptors (Lipinski definition) is 4. The molecule has 1 N–H and O–H groups in total. The fourth-order valence-corrected chi connectivity index (χ4v) is 12.7. The van der Waals surface area contributed by atoms with Crippen LogP contribution in [0.3, 0.4) is 0 Å². The highest BCUT2D eigenvalue weighted by molar-refractivity contribution is 5.83. The first kappa shape index (κ1) is 30.0. The van der Waals surface area contributed by atoms with Gasteiger partial charge in [0.25, 0.3) is 0 Å². The van der Waals surface area contributed by atoms with Crippen molar-refractivity contribution in [2.75, 3.05) is 0 Å². The van der Waals surface area contributed by atoms with E-state index in [0.717, 1.165) is 44.3 Å². The SMILES string of the molecule is C=C(C)[C@@H]1CC[C@]2(C(=O)NCc3ccco3)CC[C@]3(C)[C@H](CC[C@@H]4[C@@]5(C)CC[C@H](OC(C)=O)C(C)(C)[C@@H]5CC[C@]43C)C12. The number of ether oxygens (including phenoxy) is 1. The average Bonchev–Trinajstić information content (AvgIpc) is 3.58. The predicted octanol–water partition coefficient (Wildman–Crippen LogP) is 8.49. The van der Waals surface area contributed by atoms with Crippen LogP contribution < -0.4 is 5.32 Å². The molecule has 1 aromatic rings. The maximum Gasteiger partial charge on any atom is 0.302 e. The largest absolute Gasteiger partial charge is 0.467 e. The molecule has 0 saturated heterocycles. The van der Waals surface area contributed by atoms with E-state index >= 15 is 0 Å². The Bertz CT molecular complexity index is 1230. The average molecular weight is 578 g/mol. The van der Waals surface area contributed by atoms with Gasteiger partial charge in [-0.3, -0.25) is 9.59 Å². The molecule has 1 aromatic heterocycles. The molecule has 5 saturated carbocycles. The maximum absolute atomic E-state index is 14.2. The van der Waals surface area contributed by atoms with Crippen LogP contribution in [-0.2, 0) is 20.9 Å². The number of rotatable bonds is 5. The van der Waals surface area contributed by atoms with E-state index in [9.17, 15) is 9.59 Å². The zero-order chi connectivity index (χ0) is 30.3. The summed E-state index contributed by atoms with van der Waals surface area (Å²) in [6, 6.07) is 3.83. The molecule has 42 heavy (non-hydrogen) atoms. The van der Waals surface area contributed by atoms with Crippen LogP contribution in [0.2, 0.25) is 0 Å². The van der Waals surface area contributed by atoms with E-state index in [1.807, 2.05) is 12.1 Å². The number of carbonyl (C=O) groups is 2. The van der Waals surface area contributed by atoms with Gasteiger partial charge in [0, 0.05) is 12.3 Å². The second-order valence-corrected chi connectivity index (χ2v) is 16.6. The van der Waals surface area contributed by atoms with Crippen molar-refractivity contribution in [3.8, 4) is 0 Å². The fourth-order valence-electron chi connectivity index (χ4n) is 12.7. The van der Waals surface area contributed by atoms with Crippen molar-refractivity contribution in [3.63, 3.8) is 0 Å². The van der Waals surface area contributed by atoms with Gasteiger partial charge in [-0.1, -0.05) is 46.8 Å². The van der Waals surface area contributed by atoms with Gasteiger partial charge in [-0.15, -0.1) is 0 Å². The van der Waals surface area contributed by atoms with Crippen LogP contribution in [-0.4, -0.2) is 18.0 Å². The first-order valence-electron chi connectivity index (χ1n) is 16.8. The van der Waals surface area contributed by atoms with Crippen molar-refractivity contribution in [1.82, 2.24) is 5.32 Å². The Balaban J connectivity index is 1.32. The lowest BCUT2D eigenvalue weighted by atomic mass is 9.32. The van der Waals surface area contributed by atoms with E-state index in [0.29, 0.717) is 36.1 Å². The Morgan fingerprint density at radius 2 is 1.69 bits per heavy atom. The number of hydrogen-bond donors (Lipinski definition) is 1. The number of allylic oxidation sites excluding steroid dienone is 1. The van der Waals surface area contributed by atoms with Gasteiger partial charge in [0.15, 0.2) is 0 Å². The van der Waals surface area contributed by atoms with Crippen LogP contribution in [0.25, 0.3) is 0 Å². The highest BCUT2D eigenvalue weighted by Gasteiger charge is 2.72. The highest BCUT2D eigenvalue weighted by Crippen LogP contribution is 2.77. The molecule has 6 rings (SSSR count). The van der Waals surface area contributed by atoms with E-state index in [-0.39, 0.29) is 45.1 Å². The van der Waals surface area contributed by atoms with Crippen molar-refractivity contribution in [3.05, 3.63) is 36.3 Å². The van der Waals surface area contributed by atoms with Gasteiger partial charge in [0.2, 0.25) is 5.91 Å². The van der Waals surface area contributed by atoms with Crippen LogP contribution in [0.1, 0.15) is 118 Å². The zero-order valence-corrected chi connectivity index (χ0v) is 27.3. The third-order valence-electron chi connectivity index (χ3n) is 14.8. The minimum Gasteiger partial charge on any atom is -0.467 e. The van der Waals surface area contributed by atoms with Gasteiger partial charge in [0.05, 0.1) is 18.2 Å². The Morgan fingerprint density at radius 1 is 0.929 bits per heavy atom. The number of esters is 1. The van der Waals surface area contributed by atoms with Crippen molar-refractivity contribution in [2.24, 2.45) is 56.7 Å². The van der Waals surface area contributed by atoms with Gasteiger partial charge in [-0.25, -0.2) is 0 Å². The predicted molar refractivity (Wildman–Crippen MR) is 165 cm³/mol. The molecule has 0 radical (unpaired) electrons. The number of furan rings is 1. The van der Waals surface area contributed by atoms with E-state index in [1.54, 1.807) is 13.2 Å². The number of carbonyl (C=O) groups excluding carboxylic acids is 2. The summed E-state index contributed by atoms with van der Waals surface area (Å²) >= 11 is 0. The molecule has 0 aliphatic heterocycles. The summed E-state index contributed by atoms with van der Waals surface area (Å²) in [6.07, 6.45) is 12.8. The Kier molecular flexibility index (Phi) is 7.14. The van der Waals surface area contributed by atoms with Crippen molar-refractivity contribution < 1.29 is 18.7 Å². The van der Waals surface area contributed by atoms with Crippen LogP contribution in [0.15, 0.2) is 35.0 Å². The molecule has 10 atom stereocenters. The Hall–Kier alpha value is -2.04. The number of nitrogens with one attached hydrogen (secondary N) is 1. The smallest absolute Gasteiger partial charge is 0.302 e. The van der Waals surface area contributed by atoms with E-state index in [2.05, 4.69) is 53.4 Å². The lowest BCUT2D eigenvalue weighted by molar-refractivity contribution is -0.248. The minimum absolute atomic E-state index is 0.00848. The number of amides is 1. The highest BCUT2D eigenvalue weighted by atomic mass is 16.5. The quantitative estimate of drug-likeness (QED) is 0.281. The van der Waals surface area contributed by atoms with Gasteiger partial charge < -0.3 is 14.5 Å². The molecule has 5 aliphatic carbocycles. The third-order valence-corrected chi connectivity index (χ3v) is 14.8. The van der Waals surface area contributed by atoms with Crippen molar-refractivity contribution in [1.29, 1.82) is 0 Å². The molecule has 1 heterocycles. The lowest BCUT2D eigenvalue weighted by Crippen LogP contribution is -2.67. The lowest BCUT2D eigenvalue weighted by Gasteiger charge is -2.72.